The van der Waals surface area contributed by atoms with Crippen molar-refractivity contribution >= 4 is 16.6 Å². The number of aromatic amines is 1. The molecule has 0 atom stereocenters. The van der Waals surface area contributed by atoms with Crippen molar-refractivity contribution in [3.63, 3.8) is 0 Å². The van der Waals surface area contributed by atoms with Gasteiger partial charge in [0, 0.05) is 17.0 Å². The van der Waals surface area contributed by atoms with E-state index in [1.165, 1.54) is 21.3 Å². The molecule has 0 radical (unpaired) electrons. The average molecular weight is 357 g/mol. The lowest BCUT2D eigenvalue weighted by Gasteiger charge is -2.14. The van der Waals surface area contributed by atoms with E-state index in [1.807, 2.05) is 18.2 Å². The molecule has 1 aromatic heterocycles. The van der Waals surface area contributed by atoms with E-state index in [2.05, 4.69) is 15.4 Å². The van der Waals surface area contributed by atoms with Crippen LogP contribution in [0.1, 0.15) is 11.3 Å². The lowest BCUT2D eigenvalue weighted by Crippen LogP contribution is -2.06. The van der Waals surface area contributed by atoms with Gasteiger partial charge in [-0.1, -0.05) is 5.16 Å². The molecule has 1 heterocycles. The minimum absolute atomic E-state index is 0.265. The van der Waals surface area contributed by atoms with E-state index in [-0.39, 0.29) is 5.71 Å². The van der Waals surface area contributed by atoms with E-state index in [9.17, 15) is 5.21 Å². The van der Waals surface area contributed by atoms with Crippen molar-refractivity contribution in [2.24, 2.45) is 5.16 Å². The summed E-state index contributed by atoms with van der Waals surface area (Å²) in [6.45, 7) is 0. The Morgan fingerprint density at radius 3 is 2.19 bits per heavy atom. The maximum Gasteiger partial charge on any atom is 0.203 e. The Kier molecular flexibility index (Phi) is 4.83. The summed E-state index contributed by atoms with van der Waals surface area (Å²) in [4.78, 5) is 0. The van der Waals surface area contributed by atoms with Crippen molar-refractivity contribution < 1.29 is 24.2 Å². The van der Waals surface area contributed by atoms with Gasteiger partial charge in [0.05, 0.1) is 34.0 Å². The third kappa shape index (κ3) is 2.85. The molecule has 8 nitrogen and oxygen atoms in total. The summed E-state index contributed by atoms with van der Waals surface area (Å²) in [5.74, 6) is 2.05. The van der Waals surface area contributed by atoms with Crippen molar-refractivity contribution in [2.45, 2.75) is 0 Å². The Bertz CT molecular complexity index is 940. The van der Waals surface area contributed by atoms with Gasteiger partial charge in [-0.05, 0) is 24.3 Å². The van der Waals surface area contributed by atoms with Crippen LogP contribution in [0.5, 0.6) is 23.0 Å². The maximum atomic E-state index is 9.66. The molecule has 0 spiro atoms. The van der Waals surface area contributed by atoms with Gasteiger partial charge in [0.15, 0.2) is 11.5 Å². The van der Waals surface area contributed by atoms with Crippen LogP contribution in [0, 0.1) is 0 Å². The van der Waals surface area contributed by atoms with E-state index < -0.39 is 0 Å². The zero-order chi connectivity index (χ0) is 18.7. The molecule has 0 amide bonds. The lowest BCUT2D eigenvalue weighted by molar-refractivity contribution is 0.318. The first-order valence-corrected chi connectivity index (χ1v) is 7.71. The molecule has 2 N–H and O–H groups in total. The number of fused-ring (bicyclic) bond motifs is 1. The topological polar surface area (TPSA) is 98.2 Å². The van der Waals surface area contributed by atoms with Gasteiger partial charge in [-0.3, -0.25) is 5.10 Å². The fourth-order valence-electron chi connectivity index (χ4n) is 2.77. The van der Waals surface area contributed by atoms with Crippen LogP contribution in [0.3, 0.4) is 0 Å². The number of ether oxygens (including phenoxy) is 4. The standard InChI is InChI=1S/C18H19N3O5/c1-23-11-5-6-12-13(9-11)19-20-17(12)16(21-22)10-7-14(24-2)18(26-4)15(8-10)25-3/h5-9,22H,1-4H3,(H,19,20)/b21-16-. The molecule has 136 valence electrons. The van der Waals surface area contributed by atoms with Crippen LogP contribution in [0.4, 0.5) is 0 Å². The van der Waals surface area contributed by atoms with Crippen LogP contribution in [0.25, 0.3) is 10.9 Å². The second-order valence-corrected chi connectivity index (χ2v) is 5.35. The molecule has 0 saturated carbocycles. The van der Waals surface area contributed by atoms with E-state index in [1.54, 1.807) is 19.2 Å². The third-order valence-electron chi connectivity index (χ3n) is 4.03. The van der Waals surface area contributed by atoms with Crippen LogP contribution in [0.15, 0.2) is 35.5 Å². The van der Waals surface area contributed by atoms with E-state index in [0.29, 0.717) is 34.3 Å². The summed E-state index contributed by atoms with van der Waals surface area (Å²) in [7, 11) is 6.16. The number of aromatic nitrogens is 2. The van der Waals surface area contributed by atoms with Gasteiger partial charge in [0.25, 0.3) is 0 Å². The third-order valence-corrected chi connectivity index (χ3v) is 4.03. The first-order chi connectivity index (χ1) is 12.7. The number of methoxy groups -OCH3 is 4. The van der Waals surface area contributed by atoms with Crippen molar-refractivity contribution in [1.82, 2.24) is 10.2 Å². The van der Waals surface area contributed by atoms with Gasteiger partial charge in [-0.25, -0.2) is 0 Å². The molecule has 3 aromatic rings. The average Bonchev–Trinajstić information content (AvgIpc) is 3.10. The molecule has 0 aliphatic rings. The Morgan fingerprint density at radius 1 is 0.962 bits per heavy atom. The summed E-state index contributed by atoms with van der Waals surface area (Å²) in [5, 5.41) is 21.1. The van der Waals surface area contributed by atoms with E-state index in [0.717, 1.165) is 10.9 Å². The zero-order valence-electron chi connectivity index (χ0n) is 14.9. The Labute approximate surface area is 149 Å². The number of hydrogen-bond acceptors (Lipinski definition) is 7. The molecule has 0 saturated heterocycles. The highest BCUT2D eigenvalue weighted by atomic mass is 16.5. The van der Waals surface area contributed by atoms with Crippen LogP contribution in [0.2, 0.25) is 0 Å². The monoisotopic (exact) mass is 357 g/mol. The molecule has 3 rings (SSSR count). The molecule has 2 aromatic carbocycles. The predicted octanol–water partition coefficient (Wildman–Crippen LogP) is 2.82. The first kappa shape index (κ1) is 17.4. The highest BCUT2D eigenvalue weighted by Crippen LogP contribution is 2.39. The number of oxime groups is 1. The molecule has 0 bridgehead atoms. The van der Waals surface area contributed by atoms with Crippen LogP contribution >= 0.6 is 0 Å². The Morgan fingerprint density at radius 2 is 1.65 bits per heavy atom. The smallest absolute Gasteiger partial charge is 0.203 e. The minimum atomic E-state index is 0.265. The van der Waals surface area contributed by atoms with Crippen molar-refractivity contribution in [1.29, 1.82) is 0 Å². The molecule has 8 heteroatoms. The van der Waals surface area contributed by atoms with E-state index >= 15 is 0 Å². The number of benzene rings is 2. The number of H-pyrrole nitrogens is 1. The molecular weight excluding hydrogens is 338 g/mol. The summed E-state index contributed by atoms with van der Waals surface area (Å²) in [6, 6.07) is 8.86. The normalized spacial score (nSPS) is 11.5. The predicted molar refractivity (Wildman–Crippen MR) is 96.2 cm³/mol. The van der Waals surface area contributed by atoms with Gasteiger partial charge >= 0.3 is 0 Å². The number of hydrogen-bond donors (Lipinski definition) is 2. The maximum absolute atomic E-state index is 9.66. The van der Waals surface area contributed by atoms with Gasteiger partial charge in [-0.2, -0.15) is 5.10 Å². The molecule has 0 fully saturated rings. The van der Waals surface area contributed by atoms with Crippen LogP contribution < -0.4 is 18.9 Å². The van der Waals surface area contributed by atoms with Crippen molar-refractivity contribution in [2.75, 3.05) is 28.4 Å². The van der Waals surface area contributed by atoms with Gasteiger partial charge < -0.3 is 24.2 Å². The molecule has 26 heavy (non-hydrogen) atoms. The van der Waals surface area contributed by atoms with Gasteiger partial charge in [-0.15, -0.1) is 0 Å². The number of rotatable bonds is 6. The van der Waals surface area contributed by atoms with Crippen LogP contribution in [-0.2, 0) is 0 Å². The molecule has 0 unspecified atom stereocenters. The summed E-state index contributed by atoms with van der Waals surface area (Å²) < 4.78 is 21.3. The van der Waals surface area contributed by atoms with Crippen LogP contribution in [-0.4, -0.2) is 49.6 Å². The highest BCUT2D eigenvalue weighted by Gasteiger charge is 2.20. The van der Waals surface area contributed by atoms with Gasteiger partial charge in [0.2, 0.25) is 5.75 Å². The fraction of sp³-hybridized carbons (Fsp3) is 0.222. The van der Waals surface area contributed by atoms with E-state index in [4.69, 9.17) is 18.9 Å². The largest absolute Gasteiger partial charge is 0.497 e. The van der Waals surface area contributed by atoms with Crippen molar-refractivity contribution in [3.8, 4) is 23.0 Å². The second-order valence-electron chi connectivity index (χ2n) is 5.35. The first-order valence-electron chi connectivity index (χ1n) is 7.71. The fourth-order valence-corrected chi connectivity index (χ4v) is 2.77. The second kappa shape index (κ2) is 7.22. The Balaban J connectivity index is 2.16. The summed E-state index contributed by atoms with van der Waals surface area (Å²) >= 11 is 0. The zero-order valence-corrected chi connectivity index (χ0v) is 14.9. The Hall–Kier alpha value is -3.42. The number of nitrogens with zero attached hydrogens (tertiary/aromatic N) is 2. The molecular formula is C18H19N3O5. The molecule has 0 aliphatic carbocycles. The summed E-state index contributed by atoms with van der Waals surface area (Å²) in [6.07, 6.45) is 0. The lowest BCUT2D eigenvalue weighted by atomic mass is 10.0. The highest BCUT2D eigenvalue weighted by molar-refractivity contribution is 6.18. The minimum Gasteiger partial charge on any atom is -0.497 e. The van der Waals surface area contributed by atoms with Crippen molar-refractivity contribution in [3.05, 3.63) is 41.6 Å². The summed E-state index contributed by atoms with van der Waals surface area (Å²) in [5.41, 5.74) is 2.07. The molecule has 0 aliphatic heterocycles. The number of nitrogens with one attached hydrogen (secondary N) is 1. The SMILES string of the molecule is COc1ccc2c(/C(=N\O)c3cc(OC)c(OC)c(OC)c3)n[nH]c2c1. The quantitative estimate of drug-likeness (QED) is 0.400. The van der Waals surface area contributed by atoms with Gasteiger partial charge in [0.1, 0.15) is 17.2 Å².